The number of halogens is 1. The molecule has 0 aliphatic carbocycles. The van der Waals surface area contributed by atoms with E-state index < -0.39 is 6.10 Å². The third-order valence-electron chi connectivity index (χ3n) is 4.99. The molecule has 1 atom stereocenters. The lowest BCUT2D eigenvalue weighted by atomic mass is 9.99. The van der Waals surface area contributed by atoms with Gasteiger partial charge in [0, 0.05) is 17.0 Å². The van der Waals surface area contributed by atoms with Crippen molar-refractivity contribution in [2.24, 2.45) is 0 Å². The summed E-state index contributed by atoms with van der Waals surface area (Å²) < 4.78 is 12.2. The van der Waals surface area contributed by atoms with Crippen LogP contribution in [-0.2, 0) is 0 Å². The largest absolute Gasteiger partial charge is 0.492 e. The first-order valence-corrected chi connectivity index (χ1v) is 9.66. The maximum atomic E-state index is 12.1. The lowest BCUT2D eigenvalue weighted by molar-refractivity contribution is 0.0932. The molecule has 0 bridgehead atoms. The molecule has 29 heavy (non-hydrogen) atoms. The van der Waals surface area contributed by atoms with Crippen LogP contribution in [0.25, 0.3) is 0 Å². The van der Waals surface area contributed by atoms with Crippen LogP contribution in [0.2, 0.25) is 5.02 Å². The van der Waals surface area contributed by atoms with Gasteiger partial charge >= 0.3 is 0 Å². The number of nitrogens with zero attached hydrogens (tertiary/aromatic N) is 1. The van der Waals surface area contributed by atoms with E-state index in [1.807, 2.05) is 49.4 Å². The number of benzene rings is 3. The van der Waals surface area contributed by atoms with Crippen molar-refractivity contribution in [1.29, 1.82) is 5.26 Å². The third-order valence-corrected chi connectivity index (χ3v) is 5.24. The Morgan fingerprint density at radius 1 is 1.03 bits per heavy atom. The molecule has 0 saturated carbocycles. The highest BCUT2D eigenvalue weighted by molar-refractivity contribution is 6.30. The SMILES string of the molecule is Cc1c(OC(c2ccc(Cl)cc2)c2ccc(C#N)cc2)ccc2c1OCCC2=O. The van der Waals surface area contributed by atoms with Crippen molar-refractivity contribution in [3.63, 3.8) is 0 Å². The topological polar surface area (TPSA) is 59.3 Å². The standard InChI is InChI=1S/C24H18ClNO3/c1-15-22(11-10-20-21(27)12-13-28-23(15)20)29-24(18-6-8-19(25)9-7-18)17-4-2-16(14-26)3-5-17/h2-11,24H,12-13H2,1H3. The zero-order chi connectivity index (χ0) is 20.4. The first kappa shape index (κ1) is 19.0. The number of hydrogen-bond donors (Lipinski definition) is 0. The van der Waals surface area contributed by atoms with E-state index >= 15 is 0 Å². The lowest BCUT2D eigenvalue weighted by Crippen LogP contribution is -2.17. The highest BCUT2D eigenvalue weighted by atomic mass is 35.5. The van der Waals surface area contributed by atoms with Crippen molar-refractivity contribution in [3.05, 3.63) is 93.5 Å². The van der Waals surface area contributed by atoms with E-state index in [0.29, 0.717) is 40.7 Å². The van der Waals surface area contributed by atoms with Crippen molar-refractivity contribution in [3.8, 4) is 17.6 Å². The fourth-order valence-electron chi connectivity index (χ4n) is 3.41. The molecule has 3 aromatic carbocycles. The second-order valence-electron chi connectivity index (χ2n) is 6.87. The van der Waals surface area contributed by atoms with Crippen molar-refractivity contribution in [2.45, 2.75) is 19.4 Å². The highest BCUT2D eigenvalue weighted by Crippen LogP contribution is 2.38. The lowest BCUT2D eigenvalue weighted by Gasteiger charge is -2.24. The van der Waals surface area contributed by atoms with Crippen LogP contribution in [0.5, 0.6) is 11.5 Å². The first-order valence-electron chi connectivity index (χ1n) is 9.28. The van der Waals surface area contributed by atoms with Crippen LogP contribution in [0, 0.1) is 18.3 Å². The van der Waals surface area contributed by atoms with E-state index in [1.165, 1.54) is 0 Å². The van der Waals surface area contributed by atoms with Gasteiger partial charge in [-0.25, -0.2) is 0 Å². The summed E-state index contributed by atoms with van der Waals surface area (Å²) in [5, 5.41) is 9.73. The Kier molecular flexibility index (Phi) is 5.24. The molecule has 0 N–H and O–H groups in total. The number of hydrogen-bond acceptors (Lipinski definition) is 4. The number of rotatable bonds is 4. The smallest absolute Gasteiger partial charge is 0.170 e. The Morgan fingerprint density at radius 2 is 1.69 bits per heavy atom. The molecule has 1 unspecified atom stereocenters. The molecule has 0 radical (unpaired) electrons. The summed E-state index contributed by atoms with van der Waals surface area (Å²) in [6.07, 6.45) is -0.0123. The van der Waals surface area contributed by atoms with Gasteiger partial charge in [-0.15, -0.1) is 0 Å². The second kappa shape index (κ2) is 7.98. The predicted molar refractivity (Wildman–Crippen MR) is 111 cm³/mol. The van der Waals surface area contributed by atoms with Crippen LogP contribution in [0.3, 0.4) is 0 Å². The highest BCUT2D eigenvalue weighted by Gasteiger charge is 2.24. The van der Waals surface area contributed by atoms with Gasteiger partial charge in [0.1, 0.15) is 17.6 Å². The van der Waals surface area contributed by atoms with Gasteiger partial charge in [-0.05, 0) is 54.4 Å². The summed E-state index contributed by atoms with van der Waals surface area (Å²) in [4.78, 5) is 12.1. The summed E-state index contributed by atoms with van der Waals surface area (Å²) >= 11 is 6.06. The quantitative estimate of drug-likeness (QED) is 0.564. The van der Waals surface area contributed by atoms with Crippen LogP contribution >= 0.6 is 11.6 Å². The summed E-state index contributed by atoms with van der Waals surface area (Å²) in [6.45, 7) is 2.27. The van der Waals surface area contributed by atoms with Crippen molar-refractivity contribution >= 4 is 17.4 Å². The average Bonchev–Trinajstić information content (AvgIpc) is 2.75. The van der Waals surface area contributed by atoms with Crippen LogP contribution in [-0.4, -0.2) is 12.4 Å². The van der Waals surface area contributed by atoms with Gasteiger partial charge in [0.2, 0.25) is 0 Å². The van der Waals surface area contributed by atoms with Crippen molar-refractivity contribution < 1.29 is 14.3 Å². The van der Waals surface area contributed by atoms with Crippen LogP contribution < -0.4 is 9.47 Å². The van der Waals surface area contributed by atoms with Gasteiger partial charge in [-0.3, -0.25) is 4.79 Å². The van der Waals surface area contributed by atoms with Crippen molar-refractivity contribution in [2.75, 3.05) is 6.61 Å². The minimum absolute atomic E-state index is 0.0854. The predicted octanol–water partition coefficient (Wildman–Crippen LogP) is 5.65. The fourth-order valence-corrected chi connectivity index (χ4v) is 3.54. The van der Waals surface area contributed by atoms with Crippen LogP contribution in [0.4, 0.5) is 0 Å². The molecule has 0 aromatic heterocycles. The molecular formula is C24H18ClNO3. The Morgan fingerprint density at radius 3 is 2.34 bits per heavy atom. The summed E-state index contributed by atoms with van der Waals surface area (Å²) in [5.41, 5.74) is 3.81. The number of Topliss-reactive ketones (excluding diaryl/α,β-unsaturated/α-hetero) is 1. The number of nitriles is 1. The first-order chi connectivity index (χ1) is 14.1. The molecule has 3 aromatic rings. The van der Waals surface area contributed by atoms with Gasteiger partial charge in [-0.1, -0.05) is 35.9 Å². The Labute approximate surface area is 174 Å². The minimum Gasteiger partial charge on any atom is -0.492 e. The zero-order valence-corrected chi connectivity index (χ0v) is 16.6. The number of carbonyl (C=O) groups is 1. The van der Waals surface area contributed by atoms with E-state index in [1.54, 1.807) is 18.2 Å². The molecule has 144 valence electrons. The summed E-state index contributed by atoms with van der Waals surface area (Å²) in [6, 6.07) is 20.5. The van der Waals surface area contributed by atoms with Gasteiger partial charge in [0.05, 0.1) is 23.8 Å². The average molecular weight is 404 g/mol. The molecule has 4 rings (SSSR count). The molecule has 0 amide bonds. The third kappa shape index (κ3) is 3.83. The van der Waals surface area contributed by atoms with E-state index in [9.17, 15) is 4.79 Å². The molecule has 0 spiro atoms. The Balaban J connectivity index is 1.75. The van der Waals surface area contributed by atoms with Gasteiger partial charge in [-0.2, -0.15) is 5.26 Å². The van der Waals surface area contributed by atoms with Crippen LogP contribution in [0.15, 0.2) is 60.7 Å². The minimum atomic E-state index is -0.406. The van der Waals surface area contributed by atoms with E-state index in [-0.39, 0.29) is 5.78 Å². The molecule has 1 aliphatic heterocycles. The molecule has 0 fully saturated rings. The molecule has 1 heterocycles. The Hall–Kier alpha value is -3.29. The van der Waals surface area contributed by atoms with Gasteiger partial charge < -0.3 is 9.47 Å². The number of ether oxygens (including phenoxy) is 2. The molecule has 4 nitrogen and oxygen atoms in total. The van der Waals surface area contributed by atoms with Crippen LogP contribution in [0.1, 0.15) is 45.1 Å². The zero-order valence-electron chi connectivity index (χ0n) is 15.8. The molecule has 1 aliphatic rings. The van der Waals surface area contributed by atoms with E-state index in [2.05, 4.69) is 6.07 Å². The summed E-state index contributed by atoms with van der Waals surface area (Å²) in [5.74, 6) is 1.32. The van der Waals surface area contributed by atoms with Gasteiger partial charge in [0.25, 0.3) is 0 Å². The number of ketones is 1. The fraction of sp³-hybridized carbons (Fsp3) is 0.167. The van der Waals surface area contributed by atoms with E-state index in [4.69, 9.17) is 26.3 Å². The maximum absolute atomic E-state index is 12.1. The molecular weight excluding hydrogens is 386 g/mol. The Bertz CT molecular complexity index is 1100. The van der Waals surface area contributed by atoms with E-state index in [0.717, 1.165) is 16.7 Å². The monoisotopic (exact) mass is 403 g/mol. The van der Waals surface area contributed by atoms with Gasteiger partial charge in [0.15, 0.2) is 5.78 Å². The summed E-state index contributed by atoms with van der Waals surface area (Å²) in [7, 11) is 0. The normalized spacial score (nSPS) is 13.8. The molecule has 5 heteroatoms. The number of fused-ring (bicyclic) bond motifs is 1. The maximum Gasteiger partial charge on any atom is 0.170 e. The molecule has 0 saturated heterocycles. The second-order valence-corrected chi connectivity index (χ2v) is 7.31. The van der Waals surface area contributed by atoms with Crippen molar-refractivity contribution in [1.82, 2.24) is 0 Å². The number of carbonyl (C=O) groups excluding carboxylic acids is 1.